The summed E-state index contributed by atoms with van der Waals surface area (Å²) < 4.78 is 22.6. The number of carbonyl (C=O) groups is 1. The van der Waals surface area contributed by atoms with Gasteiger partial charge in [-0.25, -0.2) is 8.42 Å². The van der Waals surface area contributed by atoms with Gasteiger partial charge in [-0.3, -0.25) is 4.79 Å². The maximum atomic E-state index is 11.3. The third kappa shape index (κ3) is 7.33. The van der Waals surface area contributed by atoms with Crippen molar-refractivity contribution in [3.63, 3.8) is 0 Å². The van der Waals surface area contributed by atoms with E-state index in [0.29, 0.717) is 0 Å². The summed E-state index contributed by atoms with van der Waals surface area (Å²) in [6.45, 7) is 5.21. The standard InChI is InChI=1S/C9H20N2O3S/c1-4-15(13,14)6-8(3)11-7(2)5-9(10)12/h7-8,11H,4-6H2,1-3H3,(H2,10,12). The number of hydrogen-bond acceptors (Lipinski definition) is 4. The van der Waals surface area contributed by atoms with Crippen LogP contribution >= 0.6 is 0 Å². The third-order valence-electron chi connectivity index (χ3n) is 2.02. The van der Waals surface area contributed by atoms with Gasteiger partial charge in [-0.15, -0.1) is 0 Å². The van der Waals surface area contributed by atoms with Crippen molar-refractivity contribution in [3.8, 4) is 0 Å². The molecule has 6 heteroatoms. The molecule has 90 valence electrons. The first kappa shape index (κ1) is 14.4. The summed E-state index contributed by atoms with van der Waals surface area (Å²) in [7, 11) is -2.97. The zero-order valence-electron chi connectivity index (χ0n) is 9.49. The van der Waals surface area contributed by atoms with Crippen molar-refractivity contribution >= 4 is 15.7 Å². The lowest BCUT2D eigenvalue weighted by molar-refractivity contribution is -0.118. The van der Waals surface area contributed by atoms with Gasteiger partial charge in [0.15, 0.2) is 9.84 Å². The van der Waals surface area contributed by atoms with Crippen LogP contribution in [-0.4, -0.2) is 37.9 Å². The highest BCUT2D eigenvalue weighted by Crippen LogP contribution is 1.98. The summed E-state index contributed by atoms with van der Waals surface area (Å²) in [6, 6.07) is -0.256. The molecule has 1 amide bonds. The number of nitrogens with one attached hydrogen (secondary N) is 1. The van der Waals surface area contributed by atoms with Gasteiger partial charge in [0.05, 0.1) is 5.75 Å². The van der Waals surface area contributed by atoms with Crippen LogP contribution in [0.1, 0.15) is 27.2 Å². The first-order valence-electron chi connectivity index (χ1n) is 5.01. The predicted octanol–water partition coefficient (Wildman–Crippen LogP) is -0.337. The highest BCUT2D eigenvalue weighted by molar-refractivity contribution is 7.91. The van der Waals surface area contributed by atoms with E-state index in [9.17, 15) is 13.2 Å². The zero-order valence-corrected chi connectivity index (χ0v) is 10.3. The Morgan fingerprint density at radius 3 is 2.27 bits per heavy atom. The van der Waals surface area contributed by atoms with Gasteiger partial charge in [-0.05, 0) is 13.8 Å². The molecule has 15 heavy (non-hydrogen) atoms. The molecular weight excluding hydrogens is 216 g/mol. The van der Waals surface area contributed by atoms with Crippen molar-refractivity contribution in [1.82, 2.24) is 5.32 Å². The molecule has 2 unspecified atom stereocenters. The molecule has 0 radical (unpaired) electrons. The largest absolute Gasteiger partial charge is 0.370 e. The second-order valence-electron chi connectivity index (χ2n) is 3.84. The van der Waals surface area contributed by atoms with Gasteiger partial charge in [0.2, 0.25) is 5.91 Å². The Morgan fingerprint density at radius 2 is 1.87 bits per heavy atom. The van der Waals surface area contributed by atoms with Crippen molar-refractivity contribution in [2.45, 2.75) is 39.3 Å². The fraction of sp³-hybridized carbons (Fsp3) is 0.889. The molecule has 0 rings (SSSR count). The van der Waals surface area contributed by atoms with Gasteiger partial charge < -0.3 is 11.1 Å². The van der Waals surface area contributed by atoms with Crippen LogP contribution in [-0.2, 0) is 14.6 Å². The quantitative estimate of drug-likeness (QED) is 0.633. The fourth-order valence-electron chi connectivity index (χ4n) is 1.39. The topological polar surface area (TPSA) is 89.3 Å². The van der Waals surface area contributed by atoms with Crippen molar-refractivity contribution in [1.29, 1.82) is 0 Å². The van der Waals surface area contributed by atoms with E-state index in [2.05, 4.69) is 5.32 Å². The normalized spacial score (nSPS) is 15.9. The van der Waals surface area contributed by atoms with Gasteiger partial charge >= 0.3 is 0 Å². The number of hydrogen-bond donors (Lipinski definition) is 2. The summed E-state index contributed by atoms with van der Waals surface area (Å²) in [6.07, 6.45) is 0.219. The van der Waals surface area contributed by atoms with Crippen LogP contribution in [0, 0.1) is 0 Å². The molecule has 0 aromatic rings. The summed E-state index contributed by atoms with van der Waals surface area (Å²) in [5.74, 6) is -0.156. The first-order chi connectivity index (χ1) is 6.76. The first-order valence-corrected chi connectivity index (χ1v) is 6.83. The predicted molar refractivity (Wildman–Crippen MR) is 60.2 cm³/mol. The summed E-state index contributed by atoms with van der Waals surface area (Å²) in [5, 5.41) is 3.02. The minimum absolute atomic E-state index is 0.0899. The average Bonchev–Trinajstić information content (AvgIpc) is 2.00. The zero-order chi connectivity index (χ0) is 12.1. The van der Waals surface area contributed by atoms with Crippen LogP contribution in [0.15, 0.2) is 0 Å². The number of amides is 1. The van der Waals surface area contributed by atoms with E-state index in [1.54, 1.807) is 20.8 Å². The van der Waals surface area contributed by atoms with Crippen LogP contribution in [0.2, 0.25) is 0 Å². The second kappa shape index (κ2) is 6.07. The van der Waals surface area contributed by atoms with E-state index in [0.717, 1.165) is 0 Å². The van der Waals surface area contributed by atoms with Crippen LogP contribution < -0.4 is 11.1 Å². The highest BCUT2D eigenvalue weighted by atomic mass is 32.2. The van der Waals surface area contributed by atoms with E-state index in [1.165, 1.54) is 0 Å². The Morgan fingerprint density at radius 1 is 1.33 bits per heavy atom. The van der Waals surface area contributed by atoms with Crippen LogP contribution in [0.4, 0.5) is 0 Å². The summed E-state index contributed by atoms with van der Waals surface area (Å²) >= 11 is 0. The minimum atomic E-state index is -2.97. The van der Waals surface area contributed by atoms with Crippen molar-refractivity contribution < 1.29 is 13.2 Å². The van der Waals surface area contributed by atoms with Crippen molar-refractivity contribution in [2.24, 2.45) is 5.73 Å². The maximum absolute atomic E-state index is 11.3. The lowest BCUT2D eigenvalue weighted by atomic mass is 10.2. The van der Waals surface area contributed by atoms with Crippen molar-refractivity contribution in [3.05, 3.63) is 0 Å². The van der Waals surface area contributed by atoms with Gasteiger partial charge in [0, 0.05) is 24.3 Å². The molecule has 0 saturated carbocycles. The van der Waals surface area contributed by atoms with Crippen LogP contribution in [0.25, 0.3) is 0 Å². The van der Waals surface area contributed by atoms with Gasteiger partial charge in [0.25, 0.3) is 0 Å². The molecule has 0 aromatic heterocycles. The number of nitrogens with two attached hydrogens (primary N) is 1. The number of carbonyl (C=O) groups excluding carboxylic acids is 1. The average molecular weight is 236 g/mol. The maximum Gasteiger partial charge on any atom is 0.218 e. The fourth-order valence-corrected chi connectivity index (χ4v) is 2.49. The molecule has 2 atom stereocenters. The van der Waals surface area contributed by atoms with Crippen LogP contribution in [0.5, 0.6) is 0 Å². The van der Waals surface area contributed by atoms with E-state index < -0.39 is 9.84 Å². The Balaban J connectivity index is 4.04. The number of rotatable bonds is 7. The third-order valence-corrected chi connectivity index (χ3v) is 3.91. The molecule has 0 aliphatic carbocycles. The molecule has 0 aliphatic heterocycles. The molecule has 3 N–H and O–H groups in total. The summed E-state index contributed by atoms with van der Waals surface area (Å²) in [4.78, 5) is 10.6. The van der Waals surface area contributed by atoms with E-state index in [-0.39, 0.29) is 35.9 Å². The lowest BCUT2D eigenvalue weighted by Crippen LogP contribution is -2.41. The van der Waals surface area contributed by atoms with Gasteiger partial charge in [0.1, 0.15) is 0 Å². The SMILES string of the molecule is CCS(=O)(=O)CC(C)NC(C)CC(N)=O. The molecule has 0 fully saturated rings. The molecule has 0 aliphatic rings. The number of primary amides is 1. The highest BCUT2D eigenvalue weighted by Gasteiger charge is 2.16. The summed E-state index contributed by atoms with van der Waals surface area (Å²) in [5.41, 5.74) is 5.03. The molecule has 0 saturated heterocycles. The Hall–Kier alpha value is -0.620. The lowest BCUT2D eigenvalue weighted by Gasteiger charge is -2.18. The molecule has 0 spiro atoms. The van der Waals surface area contributed by atoms with E-state index in [1.807, 2.05) is 0 Å². The molecule has 5 nitrogen and oxygen atoms in total. The minimum Gasteiger partial charge on any atom is -0.370 e. The van der Waals surface area contributed by atoms with Gasteiger partial charge in [-0.1, -0.05) is 6.92 Å². The second-order valence-corrected chi connectivity index (χ2v) is 6.24. The van der Waals surface area contributed by atoms with Crippen LogP contribution in [0.3, 0.4) is 0 Å². The van der Waals surface area contributed by atoms with Crippen molar-refractivity contribution in [2.75, 3.05) is 11.5 Å². The van der Waals surface area contributed by atoms with E-state index >= 15 is 0 Å². The number of sulfone groups is 1. The van der Waals surface area contributed by atoms with Gasteiger partial charge in [-0.2, -0.15) is 0 Å². The molecule has 0 bridgehead atoms. The monoisotopic (exact) mass is 236 g/mol. The Kier molecular flexibility index (Phi) is 5.82. The van der Waals surface area contributed by atoms with E-state index in [4.69, 9.17) is 5.73 Å². The smallest absolute Gasteiger partial charge is 0.218 e. The Bertz CT molecular complexity index is 300. The molecule has 0 aromatic carbocycles. The Labute approximate surface area is 91.3 Å². The molecular formula is C9H20N2O3S. The molecule has 0 heterocycles.